The fraction of sp³-hybridized carbons (Fsp3) is 0.286. The maximum absolute atomic E-state index is 12.9. The van der Waals surface area contributed by atoms with Gasteiger partial charge in [0, 0.05) is 30.1 Å². The SMILES string of the molecule is Cc1cncc(CN)c1F. The van der Waals surface area contributed by atoms with Gasteiger partial charge in [0.15, 0.2) is 0 Å². The molecule has 1 rings (SSSR count). The van der Waals surface area contributed by atoms with Gasteiger partial charge in [0.05, 0.1) is 0 Å². The first-order valence-corrected chi connectivity index (χ1v) is 3.04. The highest BCUT2D eigenvalue weighted by Gasteiger charge is 2.01. The summed E-state index contributed by atoms with van der Waals surface area (Å²) >= 11 is 0. The highest BCUT2D eigenvalue weighted by molar-refractivity contribution is 5.19. The molecule has 1 aromatic rings. The van der Waals surface area contributed by atoms with Crippen LogP contribution >= 0.6 is 0 Å². The molecule has 0 radical (unpaired) electrons. The molecular weight excluding hydrogens is 131 g/mol. The lowest BCUT2D eigenvalue weighted by molar-refractivity contribution is 0.598. The van der Waals surface area contributed by atoms with E-state index in [1.165, 1.54) is 12.4 Å². The Morgan fingerprint density at radius 2 is 2.30 bits per heavy atom. The first-order chi connectivity index (χ1) is 4.75. The van der Waals surface area contributed by atoms with Gasteiger partial charge in [0.1, 0.15) is 5.82 Å². The summed E-state index contributed by atoms with van der Waals surface area (Å²) in [4.78, 5) is 3.80. The topological polar surface area (TPSA) is 38.9 Å². The van der Waals surface area contributed by atoms with Crippen molar-refractivity contribution >= 4 is 0 Å². The van der Waals surface area contributed by atoms with Gasteiger partial charge >= 0.3 is 0 Å². The summed E-state index contributed by atoms with van der Waals surface area (Å²) in [5.41, 5.74) is 6.26. The van der Waals surface area contributed by atoms with Crippen LogP contribution in [0.1, 0.15) is 11.1 Å². The molecule has 0 saturated heterocycles. The molecule has 0 spiro atoms. The molecule has 0 aromatic carbocycles. The van der Waals surface area contributed by atoms with Crippen LogP contribution in [-0.2, 0) is 6.54 Å². The fourth-order valence-electron chi connectivity index (χ4n) is 0.748. The Bertz CT molecular complexity index is 235. The minimum Gasteiger partial charge on any atom is -0.326 e. The average Bonchev–Trinajstić information content (AvgIpc) is 1.95. The van der Waals surface area contributed by atoms with Crippen molar-refractivity contribution in [2.24, 2.45) is 5.73 Å². The smallest absolute Gasteiger partial charge is 0.133 e. The van der Waals surface area contributed by atoms with Gasteiger partial charge in [-0.15, -0.1) is 0 Å². The van der Waals surface area contributed by atoms with Crippen molar-refractivity contribution in [2.45, 2.75) is 13.5 Å². The Kier molecular flexibility index (Phi) is 1.97. The molecule has 0 aliphatic carbocycles. The molecule has 0 atom stereocenters. The summed E-state index contributed by atoms with van der Waals surface area (Å²) in [5.74, 6) is -0.238. The van der Waals surface area contributed by atoms with Gasteiger partial charge in [-0.1, -0.05) is 0 Å². The normalized spacial score (nSPS) is 9.90. The Labute approximate surface area is 58.9 Å². The van der Waals surface area contributed by atoms with Gasteiger partial charge in [0.2, 0.25) is 0 Å². The minimum absolute atomic E-state index is 0.209. The van der Waals surface area contributed by atoms with Crippen molar-refractivity contribution in [3.8, 4) is 0 Å². The van der Waals surface area contributed by atoms with Crippen molar-refractivity contribution < 1.29 is 4.39 Å². The zero-order valence-corrected chi connectivity index (χ0v) is 5.76. The Balaban J connectivity index is 3.14. The molecule has 2 nitrogen and oxygen atoms in total. The molecule has 2 N–H and O–H groups in total. The Morgan fingerprint density at radius 3 is 2.80 bits per heavy atom. The van der Waals surface area contributed by atoms with Crippen LogP contribution in [-0.4, -0.2) is 4.98 Å². The van der Waals surface area contributed by atoms with Crippen LogP contribution in [0, 0.1) is 12.7 Å². The second-order valence-corrected chi connectivity index (χ2v) is 2.13. The van der Waals surface area contributed by atoms with Crippen LogP contribution in [0.3, 0.4) is 0 Å². The minimum atomic E-state index is -0.238. The summed E-state index contributed by atoms with van der Waals surface area (Å²) in [6.07, 6.45) is 2.93. The van der Waals surface area contributed by atoms with Crippen LogP contribution in [0.2, 0.25) is 0 Å². The number of rotatable bonds is 1. The van der Waals surface area contributed by atoms with E-state index >= 15 is 0 Å². The number of aromatic nitrogens is 1. The summed E-state index contributed by atoms with van der Waals surface area (Å²) in [6.45, 7) is 1.88. The maximum atomic E-state index is 12.9. The Hall–Kier alpha value is -0.960. The lowest BCUT2D eigenvalue weighted by atomic mass is 10.2. The van der Waals surface area contributed by atoms with E-state index in [0.29, 0.717) is 11.1 Å². The van der Waals surface area contributed by atoms with Gasteiger partial charge < -0.3 is 5.73 Å². The molecule has 1 heterocycles. The standard InChI is InChI=1S/C7H9FN2/c1-5-3-10-4-6(2-9)7(5)8/h3-4H,2,9H2,1H3. The number of aryl methyl sites for hydroxylation is 1. The van der Waals surface area contributed by atoms with E-state index in [9.17, 15) is 4.39 Å². The summed E-state index contributed by atoms with van der Waals surface area (Å²) in [6, 6.07) is 0. The zero-order chi connectivity index (χ0) is 7.56. The molecule has 0 aliphatic heterocycles. The van der Waals surface area contributed by atoms with Crippen molar-refractivity contribution in [1.29, 1.82) is 0 Å². The van der Waals surface area contributed by atoms with Crippen molar-refractivity contribution in [3.63, 3.8) is 0 Å². The molecule has 0 aliphatic rings. The van der Waals surface area contributed by atoms with Gasteiger partial charge in [-0.05, 0) is 6.92 Å². The second-order valence-electron chi connectivity index (χ2n) is 2.13. The first-order valence-electron chi connectivity index (χ1n) is 3.04. The third-order valence-corrected chi connectivity index (χ3v) is 1.35. The molecule has 0 bridgehead atoms. The molecule has 10 heavy (non-hydrogen) atoms. The molecule has 0 unspecified atom stereocenters. The van der Waals surface area contributed by atoms with Crippen LogP contribution < -0.4 is 5.73 Å². The highest BCUT2D eigenvalue weighted by atomic mass is 19.1. The van der Waals surface area contributed by atoms with Crippen LogP contribution in [0.25, 0.3) is 0 Å². The predicted molar refractivity (Wildman–Crippen MR) is 36.8 cm³/mol. The van der Waals surface area contributed by atoms with E-state index in [1.807, 2.05) is 0 Å². The lowest BCUT2D eigenvalue weighted by Gasteiger charge is -1.99. The lowest BCUT2D eigenvalue weighted by Crippen LogP contribution is -2.01. The monoisotopic (exact) mass is 140 g/mol. The number of nitrogens with two attached hydrogens (primary N) is 1. The molecule has 0 saturated carbocycles. The highest BCUT2D eigenvalue weighted by Crippen LogP contribution is 2.08. The molecule has 3 heteroatoms. The molecule has 54 valence electrons. The van der Waals surface area contributed by atoms with E-state index in [1.54, 1.807) is 6.92 Å². The van der Waals surface area contributed by atoms with E-state index in [-0.39, 0.29) is 12.4 Å². The summed E-state index contributed by atoms with van der Waals surface area (Å²) in [5, 5.41) is 0. The van der Waals surface area contributed by atoms with Crippen LogP contribution in [0.15, 0.2) is 12.4 Å². The predicted octanol–water partition coefficient (Wildman–Crippen LogP) is 0.988. The second kappa shape index (κ2) is 2.75. The largest absolute Gasteiger partial charge is 0.326 e. The first kappa shape index (κ1) is 7.15. The summed E-state index contributed by atoms with van der Waals surface area (Å²) < 4.78 is 12.9. The quantitative estimate of drug-likeness (QED) is 0.631. The molecule has 0 amide bonds. The third kappa shape index (κ3) is 1.14. The Morgan fingerprint density at radius 1 is 1.60 bits per heavy atom. The van der Waals surface area contributed by atoms with Crippen LogP contribution in [0.5, 0.6) is 0 Å². The van der Waals surface area contributed by atoms with Crippen molar-refractivity contribution in [2.75, 3.05) is 0 Å². The zero-order valence-electron chi connectivity index (χ0n) is 5.76. The van der Waals surface area contributed by atoms with Crippen molar-refractivity contribution in [3.05, 3.63) is 29.3 Å². The molecular formula is C7H9FN2. The van der Waals surface area contributed by atoms with E-state index < -0.39 is 0 Å². The number of hydrogen-bond donors (Lipinski definition) is 1. The van der Waals surface area contributed by atoms with Gasteiger partial charge in [0.25, 0.3) is 0 Å². The van der Waals surface area contributed by atoms with E-state index in [4.69, 9.17) is 5.73 Å². The van der Waals surface area contributed by atoms with Gasteiger partial charge in [-0.2, -0.15) is 0 Å². The summed E-state index contributed by atoms with van der Waals surface area (Å²) in [7, 11) is 0. The van der Waals surface area contributed by atoms with Gasteiger partial charge in [-0.3, -0.25) is 4.98 Å². The molecule has 1 aromatic heterocycles. The van der Waals surface area contributed by atoms with Crippen molar-refractivity contribution in [1.82, 2.24) is 4.98 Å². The number of hydrogen-bond acceptors (Lipinski definition) is 2. The van der Waals surface area contributed by atoms with Gasteiger partial charge in [-0.25, -0.2) is 4.39 Å². The number of nitrogens with zero attached hydrogens (tertiary/aromatic N) is 1. The maximum Gasteiger partial charge on any atom is 0.133 e. The van der Waals surface area contributed by atoms with E-state index in [0.717, 1.165) is 0 Å². The third-order valence-electron chi connectivity index (χ3n) is 1.35. The number of halogens is 1. The van der Waals surface area contributed by atoms with Crippen LogP contribution in [0.4, 0.5) is 4.39 Å². The molecule has 0 fully saturated rings. The fourth-order valence-corrected chi connectivity index (χ4v) is 0.748. The van der Waals surface area contributed by atoms with E-state index in [2.05, 4.69) is 4.98 Å². The average molecular weight is 140 g/mol. The number of pyridine rings is 1.